The summed E-state index contributed by atoms with van der Waals surface area (Å²) < 4.78 is 0. The van der Waals surface area contributed by atoms with Crippen molar-refractivity contribution in [1.29, 1.82) is 0 Å². The zero-order valence-electron chi connectivity index (χ0n) is 18.1. The standard InChI is InChI=1S/C18H26N4O13/c19-7(5-13(27)28)15(31)20-8(1-3-11(23)24)16(32)22-10(6-14(29)30)17(33)21-9(18(34)35)2-4-12(25)26/h7-10H,1-6,19H2,(H,20,31)(H,21,33)(H,22,32)(H,23,24)(H,25,26)(H,27,28)(H,29,30)(H,34,35). The number of amides is 3. The highest BCUT2D eigenvalue weighted by atomic mass is 16.4. The van der Waals surface area contributed by atoms with Gasteiger partial charge in [-0.1, -0.05) is 0 Å². The van der Waals surface area contributed by atoms with Crippen LogP contribution in [0.5, 0.6) is 0 Å². The molecular formula is C18H26N4O13. The monoisotopic (exact) mass is 506 g/mol. The van der Waals surface area contributed by atoms with Crippen LogP contribution in [0, 0.1) is 0 Å². The fraction of sp³-hybridized carbons (Fsp3) is 0.556. The zero-order chi connectivity index (χ0) is 27.3. The second kappa shape index (κ2) is 14.8. The highest BCUT2D eigenvalue weighted by Crippen LogP contribution is 2.05. The highest BCUT2D eigenvalue weighted by molar-refractivity contribution is 5.96. The van der Waals surface area contributed by atoms with Crippen molar-refractivity contribution in [3.8, 4) is 0 Å². The first-order valence-corrected chi connectivity index (χ1v) is 9.90. The minimum Gasteiger partial charge on any atom is -0.481 e. The summed E-state index contributed by atoms with van der Waals surface area (Å²) in [5.41, 5.74) is 5.39. The van der Waals surface area contributed by atoms with Crippen molar-refractivity contribution in [2.24, 2.45) is 5.73 Å². The van der Waals surface area contributed by atoms with Gasteiger partial charge in [0.25, 0.3) is 0 Å². The zero-order valence-corrected chi connectivity index (χ0v) is 18.1. The van der Waals surface area contributed by atoms with Crippen LogP contribution in [0.1, 0.15) is 38.5 Å². The molecule has 0 fully saturated rings. The van der Waals surface area contributed by atoms with Gasteiger partial charge in [-0.05, 0) is 12.8 Å². The van der Waals surface area contributed by atoms with E-state index in [1.54, 1.807) is 0 Å². The third-order valence-corrected chi connectivity index (χ3v) is 4.28. The number of carbonyl (C=O) groups excluding carboxylic acids is 3. The first-order chi connectivity index (χ1) is 16.1. The summed E-state index contributed by atoms with van der Waals surface area (Å²) in [7, 11) is 0. The van der Waals surface area contributed by atoms with Crippen LogP contribution >= 0.6 is 0 Å². The quantitative estimate of drug-likeness (QED) is 0.0926. The molecule has 0 aliphatic carbocycles. The third-order valence-electron chi connectivity index (χ3n) is 4.28. The SMILES string of the molecule is NC(CC(=O)O)C(=O)NC(CCC(=O)O)C(=O)NC(CC(=O)O)C(=O)NC(CCC(=O)O)C(=O)O. The number of nitrogens with one attached hydrogen (secondary N) is 3. The molecule has 0 heterocycles. The fourth-order valence-corrected chi connectivity index (χ4v) is 2.55. The molecule has 0 rings (SSSR count). The second-order valence-corrected chi connectivity index (χ2v) is 7.19. The summed E-state index contributed by atoms with van der Waals surface area (Å²) in [5.74, 6) is -11.1. The normalized spacial score (nSPS) is 13.9. The lowest BCUT2D eigenvalue weighted by molar-refractivity contribution is -0.144. The average Bonchev–Trinajstić information content (AvgIpc) is 2.71. The largest absolute Gasteiger partial charge is 0.481 e. The van der Waals surface area contributed by atoms with Crippen LogP contribution in [-0.4, -0.2) is 97.3 Å². The van der Waals surface area contributed by atoms with E-state index in [4.69, 9.17) is 31.3 Å². The molecule has 0 aliphatic heterocycles. The molecule has 0 saturated carbocycles. The molecule has 0 spiro atoms. The van der Waals surface area contributed by atoms with E-state index >= 15 is 0 Å². The number of aliphatic carboxylic acids is 5. The average molecular weight is 506 g/mol. The van der Waals surface area contributed by atoms with Crippen molar-refractivity contribution in [3.05, 3.63) is 0 Å². The molecule has 4 atom stereocenters. The Hall–Kier alpha value is -4.28. The van der Waals surface area contributed by atoms with E-state index in [1.165, 1.54) is 0 Å². The van der Waals surface area contributed by atoms with Gasteiger partial charge >= 0.3 is 29.8 Å². The van der Waals surface area contributed by atoms with Crippen molar-refractivity contribution in [1.82, 2.24) is 16.0 Å². The lowest BCUT2D eigenvalue weighted by atomic mass is 10.1. The molecule has 17 nitrogen and oxygen atoms in total. The maximum atomic E-state index is 12.6. The molecule has 0 aliphatic rings. The fourth-order valence-electron chi connectivity index (χ4n) is 2.55. The molecule has 10 N–H and O–H groups in total. The maximum Gasteiger partial charge on any atom is 0.326 e. The van der Waals surface area contributed by atoms with Crippen LogP contribution in [-0.2, 0) is 38.4 Å². The van der Waals surface area contributed by atoms with Crippen molar-refractivity contribution >= 4 is 47.6 Å². The molecule has 0 saturated heterocycles. The van der Waals surface area contributed by atoms with Gasteiger partial charge in [-0.2, -0.15) is 0 Å². The molecular weight excluding hydrogens is 480 g/mol. The first kappa shape index (κ1) is 30.7. The number of rotatable bonds is 17. The van der Waals surface area contributed by atoms with E-state index < -0.39 is 110 Å². The number of carboxylic acid groups (broad SMARTS) is 5. The number of hydrogen-bond donors (Lipinski definition) is 9. The Bertz CT molecular complexity index is 859. The van der Waals surface area contributed by atoms with Gasteiger partial charge in [0.05, 0.1) is 18.9 Å². The van der Waals surface area contributed by atoms with Gasteiger partial charge in [0, 0.05) is 12.8 Å². The Balaban J connectivity index is 5.60. The van der Waals surface area contributed by atoms with E-state index in [9.17, 15) is 38.4 Å². The number of carboxylic acids is 5. The van der Waals surface area contributed by atoms with Crippen molar-refractivity contribution in [3.63, 3.8) is 0 Å². The van der Waals surface area contributed by atoms with E-state index in [1.807, 2.05) is 16.0 Å². The topological polar surface area (TPSA) is 300 Å². The molecule has 35 heavy (non-hydrogen) atoms. The van der Waals surface area contributed by atoms with Gasteiger partial charge in [-0.3, -0.25) is 33.6 Å². The van der Waals surface area contributed by atoms with Crippen molar-refractivity contribution in [2.75, 3.05) is 0 Å². The molecule has 0 aromatic carbocycles. The third kappa shape index (κ3) is 13.1. The van der Waals surface area contributed by atoms with Crippen LogP contribution in [0.4, 0.5) is 0 Å². The second-order valence-electron chi connectivity index (χ2n) is 7.19. The van der Waals surface area contributed by atoms with Gasteiger partial charge in [0.2, 0.25) is 17.7 Å². The first-order valence-electron chi connectivity index (χ1n) is 9.90. The highest BCUT2D eigenvalue weighted by Gasteiger charge is 2.32. The molecule has 0 radical (unpaired) electrons. The minimum atomic E-state index is -1.90. The minimum absolute atomic E-state index is 0.551. The molecule has 0 aromatic heterocycles. The van der Waals surface area contributed by atoms with Crippen LogP contribution in [0.2, 0.25) is 0 Å². The number of nitrogens with two attached hydrogens (primary N) is 1. The van der Waals surface area contributed by atoms with Gasteiger partial charge in [-0.15, -0.1) is 0 Å². The predicted octanol–water partition coefficient (Wildman–Crippen LogP) is -3.47. The van der Waals surface area contributed by atoms with E-state index in [0.717, 1.165) is 0 Å². The van der Waals surface area contributed by atoms with Crippen molar-refractivity contribution in [2.45, 2.75) is 62.7 Å². The molecule has 196 valence electrons. The molecule has 17 heteroatoms. The van der Waals surface area contributed by atoms with Crippen molar-refractivity contribution < 1.29 is 63.9 Å². The van der Waals surface area contributed by atoms with Crippen LogP contribution in [0.15, 0.2) is 0 Å². The Labute approximate surface area is 196 Å². The Morgan fingerprint density at radius 2 is 0.943 bits per heavy atom. The van der Waals surface area contributed by atoms with E-state index in [-0.39, 0.29) is 0 Å². The van der Waals surface area contributed by atoms with E-state index in [0.29, 0.717) is 0 Å². The molecule has 0 bridgehead atoms. The van der Waals surface area contributed by atoms with Gasteiger partial charge in [0.1, 0.15) is 18.1 Å². The lowest BCUT2D eigenvalue weighted by Crippen LogP contribution is -2.57. The summed E-state index contributed by atoms with van der Waals surface area (Å²) in [6.07, 6.45) is -4.30. The summed E-state index contributed by atoms with van der Waals surface area (Å²) in [5, 5.41) is 50.3. The lowest BCUT2D eigenvalue weighted by Gasteiger charge is -2.24. The molecule has 4 unspecified atom stereocenters. The van der Waals surface area contributed by atoms with Gasteiger partial charge in [-0.25, -0.2) is 4.79 Å². The summed E-state index contributed by atoms with van der Waals surface area (Å²) in [6, 6.07) is -6.92. The summed E-state index contributed by atoms with van der Waals surface area (Å²) in [4.78, 5) is 91.8. The van der Waals surface area contributed by atoms with Crippen LogP contribution in [0.25, 0.3) is 0 Å². The smallest absolute Gasteiger partial charge is 0.326 e. The van der Waals surface area contributed by atoms with Gasteiger partial charge in [0.15, 0.2) is 0 Å². The van der Waals surface area contributed by atoms with Crippen LogP contribution in [0.3, 0.4) is 0 Å². The Kier molecular flexibility index (Phi) is 13.0. The Morgan fingerprint density at radius 3 is 1.37 bits per heavy atom. The molecule has 0 aromatic rings. The number of carbonyl (C=O) groups is 8. The number of hydrogen-bond acceptors (Lipinski definition) is 9. The molecule has 3 amide bonds. The predicted molar refractivity (Wildman–Crippen MR) is 110 cm³/mol. The summed E-state index contributed by atoms with van der Waals surface area (Å²) in [6.45, 7) is 0. The maximum absolute atomic E-state index is 12.6. The van der Waals surface area contributed by atoms with Gasteiger partial charge < -0.3 is 47.2 Å². The summed E-state index contributed by atoms with van der Waals surface area (Å²) >= 11 is 0. The Morgan fingerprint density at radius 1 is 0.543 bits per heavy atom. The van der Waals surface area contributed by atoms with E-state index in [2.05, 4.69) is 0 Å². The van der Waals surface area contributed by atoms with Crippen LogP contribution < -0.4 is 21.7 Å².